The van der Waals surface area contributed by atoms with Gasteiger partial charge in [-0.25, -0.2) is 0 Å². The predicted molar refractivity (Wildman–Crippen MR) is 89.3 cm³/mol. The molecule has 0 aliphatic carbocycles. The van der Waals surface area contributed by atoms with Crippen molar-refractivity contribution in [3.05, 3.63) is 63.7 Å². The zero-order valence-corrected chi connectivity index (χ0v) is 12.9. The summed E-state index contributed by atoms with van der Waals surface area (Å²) < 4.78 is 1.14. The van der Waals surface area contributed by atoms with Crippen LogP contribution in [0.15, 0.2) is 54.6 Å². The molecule has 0 saturated heterocycles. The number of carbonyl (C=O) groups excluding carboxylic acids is 1. The third-order valence-corrected chi connectivity index (χ3v) is 3.29. The molecule has 1 amide bonds. The summed E-state index contributed by atoms with van der Waals surface area (Å²) in [7, 11) is 0. The van der Waals surface area contributed by atoms with E-state index in [1.54, 1.807) is 12.1 Å². The molecular formula is C14H11IN2OS. The Hall–Kier alpha value is -1.47. The van der Waals surface area contributed by atoms with Crippen molar-refractivity contribution in [2.24, 2.45) is 0 Å². The van der Waals surface area contributed by atoms with E-state index in [4.69, 9.17) is 12.2 Å². The Morgan fingerprint density at radius 3 is 2.26 bits per heavy atom. The van der Waals surface area contributed by atoms with Gasteiger partial charge in [-0.05, 0) is 71.2 Å². The molecule has 3 nitrogen and oxygen atoms in total. The number of carbonyl (C=O) groups is 1. The van der Waals surface area contributed by atoms with Gasteiger partial charge < -0.3 is 5.32 Å². The smallest absolute Gasteiger partial charge is 0.257 e. The van der Waals surface area contributed by atoms with E-state index in [0.29, 0.717) is 5.56 Å². The van der Waals surface area contributed by atoms with Gasteiger partial charge in [0.05, 0.1) is 0 Å². The monoisotopic (exact) mass is 382 g/mol. The summed E-state index contributed by atoms with van der Waals surface area (Å²) in [5, 5.41) is 5.89. The van der Waals surface area contributed by atoms with Crippen LogP contribution in [0.3, 0.4) is 0 Å². The third kappa shape index (κ3) is 4.29. The van der Waals surface area contributed by atoms with Crippen LogP contribution in [-0.4, -0.2) is 11.0 Å². The van der Waals surface area contributed by atoms with Gasteiger partial charge in [0.1, 0.15) is 0 Å². The standard InChI is InChI=1S/C14H11IN2OS/c15-11-6-8-12(9-7-11)16-14(19)17-13(18)10-4-2-1-3-5-10/h1-9H,(H2,16,17,18,19). The van der Waals surface area contributed by atoms with E-state index >= 15 is 0 Å². The summed E-state index contributed by atoms with van der Waals surface area (Å²) in [6, 6.07) is 16.7. The van der Waals surface area contributed by atoms with Crippen LogP contribution in [0.2, 0.25) is 0 Å². The zero-order chi connectivity index (χ0) is 13.7. The van der Waals surface area contributed by atoms with E-state index in [2.05, 4.69) is 33.2 Å². The SMILES string of the molecule is O=C(NC(=S)Nc1ccc(I)cc1)c1ccccc1. The molecule has 5 heteroatoms. The topological polar surface area (TPSA) is 41.1 Å². The Morgan fingerprint density at radius 1 is 1.00 bits per heavy atom. The van der Waals surface area contributed by atoms with Crippen molar-refractivity contribution in [1.29, 1.82) is 0 Å². The van der Waals surface area contributed by atoms with Crippen LogP contribution < -0.4 is 10.6 Å². The average Bonchev–Trinajstić information content (AvgIpc) is 2.42. The first-order valence-electron chi connectivity index (χ1n) is 5.58. The summed E-state index contributed by atoms with van der Waals surface area (Å²) in [5.74, 6) is -0.219. The van der Waals surface area contributed by atoms with Crippen molar-refractivity contribution >= 4 is 51.5 Å². The minimum Gasteiger partial charge on any atom is -0.332 e. The largest absolute Gasteiger partial charge is 0.332 e. The average molecular weight is 382 g/mol. The Labute approximate surface area is 130 Å². The molecule has 0 unspecified atom stereocenters. The van der Waals surface area contributed by atoms with Crippen molar-refractivity contribution in [1.82, 2.24) is 5.32 Å². The molecule has 0 bridgehead atoms. The molecule has 19 heavy (non-hydrogen) atoms. The lowest BCUT2D eigenvalue weighted by atomic mass is 10.2. The van der Waals surface area contributed by atoms with Crippen LogP contribution in [0.5, 0.6) is 0 Å². The number of amides is 1. The molecule has 0 radical (unpaired) electrons. The Bertz CT molecular complexity index is 584. The quantitative estimate of drug-likeness (QED) is 0.618. The first kappa shape index (κ1) is 14.0. The van der Waals surface area contributed by atoms with Gasteiger partial charge >= 0.3 is 0 Å². The second-order valence-corrected chi connectivity index (χ2v) is 5.44. The molecule has 0 aliphatic heterocycles. The van der Waals surface area contributed by atoms with E-state index in [9.17, 15) is 4.79 Å². The lowest BCUT2D eigenvalue weighted by Gasteiger charge is -2.09. The maximum atomic E-state index is 11.9. The maximum Gasteiger partial charge on any atom is 0.257 e. The number of hydrogen-bond acceptors (Lipinski definition) is 2. The fraction of sp³-hybridized carbons (Fsp3) is 0. The molecule has 2 aromatic carbocycles. The number of anilines is 1. The summed E-state index contributed by atoms with van der Waals surface area (Å²) in [6.07, 6.45) is 0. The normalized spacial score (nSPS) is 9.74. The summed E-state index contributed by atoms with van der Waals surface area (Å²) in [5.41, 5.74) is 1.42. The van der Waals surface area contributed by atoms with Crippen molar-refractivity contribution in [3.8, 4) is 0 Å². The highest BCUT2D eigenvalue weighted by Gasteiger charge is 2.06. The Morgan fingerprint density at radius 2 is 1.63 bits per heavy atom. The lowest BCUT2D eigenvalue weighted by Crippen LogP contribution is -2.34. The summed E-state index contributed by atoms with van der Waals surface area (Å²) in [6.45, 7) is 0. The van der Waals surface area contributed by atoms with E-state index in [1.807, 2.05) is 42.5 Å². The first-order chi connectivity index (χ1) is 9.15. The highest BCUT2D eigenvalue weighted by molar-refractivity contribution is 14.1. The second kappa shape index (κ2) is 6.63. The molecule has 0 spiro atoms. The van der Waals surface area contributed by atoms with Gasteiger partial charge in [-0.15, -0.1) is 0 Å². The number of benzene rings is 2. The van der Waals surface area contributed by atoms with Crippen LogP contribution in [0.1, 0.15) is 10.4 Å². The van der Waals surface area contributed by atoms with E-state index < -0.39 is 0 Å². The molecule has 96 valence electrons. The van der Waals surface area contributed by atoms with Gasteiger partial charge in [-0.3, -0.25) is 10.1 Å². The molecule has 0 heterocycles. The summed E-state index contributed by atoms with van der Waals surface area (Å²) >= 11 is 7.33. The molecular weight excluding hydrogens is 371 g/mol. The van der Waals surface area contributed by atoms with Crippen LogP contribution in [0.25, 0.3) is 0 Å². The number of hydrogen-bond donors (Lipinski definition) is 2. The highest BCUT2D eigenvalue weighted by Crippen LogP contribution is 2.10. The van der Waals surface area contributed by atoms with Gasteiger partial charge in [0.25, 0.3) is 5.91 Å². The highest BCUT2D eigenvalue weighted by atomic mass is 127. The van der Waals surface area contributed by atoms with Gasteiger partial charge in [0, 0.05) is 14.8 Å². The van der Waals surface area contributed by atoms with E-state index in [-0.39, 0.29) is 11.0 Å². The minimum atomic E-state index is -0.219. The number of rotatable bonds is 2. The molecule has 0 saturated carbocycles. The van der Waals surface area contributed by atoms with Crippen LogP contribution in [0, 0.1) is 3.57 Å². The molecule has 2 N–H and O–H groups in total. The molecule has 0 aromatic heterocycles. The molecule has 2 rings (SSSR count). The molecule has 0 fully saturated rings. The minimum absolute atomic E-state index is 0.219. The summed E-state index contributed by atoms with van der Waals surface area (Å²) in [4.78, 5) is 11.9. The van der Waals surface area contributed by atoms with Gasteiger partial charge in [0.2, 0.25) is 0 Å². The predicted octanol–water partition coefficient (Wildman–Crippen LogP) is 3.42. The van der Waals surface area contributed by atoms with Crippen LogP contribution in [-0.2, 0) is 0 Å². The zero-order valence-electron chi connectivity index (χ0n) is 9.89. The van der Waals surface area contributed by atoms with Crippen molar-refractivity contribution in [3.63, 3.8) is 0 Å². The molecule has 2 aromatic rings. The Kier molecular flexibility index (Phi) is 4.86. The fourth-order valence-electron chi connectivity index (χ4n) is 1.46. The van der Waals surface area contributed by atoms with Gasteiger partial charge in [0.15, 0.2) is 5.11 Å². The maximum absolute atomic E-state index is 11.9. The first-order valence-corrected chi connectivity index (χ1v) is 7.07. The second-order valence-electron chi connectivity index (χ2n) is 3.78. The fourth-order valence-corrected chi connectivity index (χ4v) is 2.03. The molecule has 0 atom stereocenters. The number of thiocarbonyl (C=S) groups is 1. The Balaban J connectivity index is 1.95. The van der Waals surface area contributed by atoms with Crippen LogP contribution >= 0.6 is 34.8 Å². The van der Waals surface area contributed by atoms with Crippen molar-refractivity contribution in [2.45, 2.75) is 0 Å². The van der Waals surface area contributed by atoms with E-state index in [0.717, 1.165) is 9.26 Å². The number of nitrogens with one attached hydrogen (secondary N) is 2. The van der Waals surface area contributed by atoms with Gasteiger partial charge in [-0.1, -0.05) is 18.2 Å². The van der Waals surface area contributed by atoms with Crippen LogP contribution in [0.4, 0.5) is 5.69 Å². The molecule has 0 aliphatic rings. The third-order valence-electron chi connectivity index (χ3n) is 2.37. The van der Waals surface area contributed by atoms with Crippen molar-refractivity contribution < 1.29 is 4.79 Å². The van der Waals surface area contributed by atoms with Gasteiger partial charge in [-0.2, -0.15) is 0 Å². The van der Waals surface area contributed by atoms with E-state index in [1.165, 1.54) is 0 Å². The lowest BCUT2D eigenvalue weighted by molar-refractivity contribution is 0.0978. The number of halogens is 1. The van der Waals surface area contributed by atoms with Crippen molar-refractivity contribution in [2.75, 3.05) is 5.32 Å².